The van der Waals surface area contributed by atoms with Crippen molar-refractivity contribution >= 4 is 16.5 Å². The van der Waals surface area contributed by atoms with Gasteiger partial charge in [0.1, 0.15) is 5.01 Å². The van der Waals surface area contributed by atoms with Crippen molar-refractivity contribution in [2.24, 2.45) is 0 Å². The summed E-state index contributed by atoms with van der Waals surface area (Å²) in [5, 5.41) is 13.7. The van der Waals surface area contributed by atoms with E-state index in [-0.39, 0.29) is 0 Å². The Hall–Kier alpha value is -0.720. The summed E-state index contributed by atoms with van der Waals surface area (Å²) in [4.78, 5) is 2.39. The monoisotopic (exact) mass is 284 g/mol. The Morgan fingerprint density at radius 1 is 1.42 bits per heavy atom. The minimum atomic E-state index is 0.408. The van der Waals surface area contributed by atoms with E-state index in [4.69, 9.17) is 4.74 Å². The molecule has 1 fully saturated rings. The second kappa shape index (κ2) is 7.77. The topological polar surface area (TPSA) is 50.3 Å². The van der Waals surface area contributed by atoms with E-state index in [0.717, 1.165) is 49.3 Å². The molecule has 1 aliphatic rings. The molecule has 1 aromatic heterocycles. The Kier molecular flexibility index (Phi) is 6.00. The predicted molar refractivity (Wildman–Crippen MR) is 78.6 cm³/mol. The Morgan fingerprint density at radius 3 is 3.00 bits per heavy atom. The van der Waals surface area contributed by atoms with Crippen molar-refractivity contribution in [3.8, 4) is 0 Å². The average Bonchev–Trinajstić information content (AvgIpc) is 3.07. The van der Waals surface area contributed by atoms with Gasteiger partial charge in [0, 0.05) is 19.7 Å². The zero-order valence-electron chi connectivity index (χ0n) is 11.9. The molecule has 0 amide bonds. The maximum absolute atomic E-state index is 5.69. The van der Waals surface area contributed by atoms with Crippen molar-refractivity contribution in [1.82, 2.24) is 15.1 Å². The van der Waals surface area contributed by atoms with Crippen molar-refractivity contribution in [3.05, 3.63) is 5.01 Å². The molecule has 0 saturated carbocycles. The molecule has 1 atom stereocenters. The van der Waals surface area contributed by atoms with Gasteiger partial charge in [-0.2, -0.15) is 0 Å². The van der Waals surface area contributed by atoms with E-state index in [1.807, 2.05) is 0 Å². The van der Waals surface area contributed by atoms with Crippen LogP contribution in [-0.2, 0) is 11.3 Å². The maximum atomic E-state index is 5.69. The van der Waals surface area contributed by atoms with Gasteiger partial charge >= 0.3 is 0 Å². The Bertz CT molecular complexity index is 365. The minimum Gasteiger partial charge on any atom is -0.377 e. The summed E-state index contributed by atoms with van der Waals surface area (Å²) >= 11 is 1.66. The molecule has 0 aliphatic carbocycles. The lowest BCUT2D eigenvalue weighted by Gasteiger charge is -2.22. The van der Waals surface area contributed by atoms with Gasteiger partial charge in [0.15, 0.2) is 0 Å². The van der Waals surface area contributed by atoms with Crippen LogP contribution in [0.5, 0.6) is 0 Å². The predicted octanol–water partition coefficient (Wildman–Crippen LogP) is 2.36. The van der Waals surface area contributed by atoms with Gasteiger partial charge in [-0.1, -0.05) is 25.2 Å². The molecule has 0 bridgehead atoms. The Labute approximate surface area is 119 Å². The van der Waals surface area contributed by atoms with Crippen LogP contribution >= 0.6 is 11.3 Å². The first-order chi connectivity index (χ1) is 9.31. The van der Waals surface area contributed by atoms with E-state index in [2.05, 4.69) is 34.3 Å². The van der Waals surface area contributed by atoms with Crippen molar-refractivity contribution < 1.29 is 4.74 Å². The van der Waals surface area contributed by atoms with Gasteiger partial charge in [0.2, 0.25) is 5.13 Å². The highest BCUT2D eigenvalue weighted by molar-refractivity contribution is 7.15. The standard InChI is InChI=1S/C13H24N4OS/c1-3-7-14-13-16-15-12(19-13)10-17(4-2)9-11-6-5-8-18-11/h11H,3-10H2,1-2H3,(H,14,16). The molecule has 5 nitrogen and oxygen atoms in total. The SMILES string of the molecule is CCCNc1nnc(CN(CC)CC2CCCO2)s1. The highest BCUT2D eigenvalue weighted by Gasteiger charge is 2.19. The first-order valence-electron chi connectivity index (χ1n) is 7.22. The molecule has 6 heteroatoms. The molecule has 1 N–H and O–H groups in total. The zero-order valence-corrected chi connectivity index (χ0v) is 12.7. The quantitative estimate of drug-likeness (QED) is 0.794. The lowest BCUT2D eigenvalue weighted by molar-refractivity contribution is 0.0724. The van der Waals surface area contributed by atoms with E-state index >= 15 is 0 Å². The normalized spacial score (nSPS) is 19.2. The molecular weight excluding hydrogens is 260 g/mol. The maximum Gasteiger partial charge on any atom is 0.205 e. The first-order valence-corrected chi connectivity index (χ1v) is 8.03. The third-order valence-electron chi connectivity index (χ3n) is 3.28. The van der Waals surface area contributed by atoms with Crippen LogP contribution in [0.15, 0.2) is 0 Å². The highest BCUT2D eigenvalue weighted by atomic mass is 32.1. The molecule has 19 heavy (non-hydrogen) atoms. The Balaban J connectivity index is 1.81. The van der Waals surface area contributed by atoms with Crippen molar-refractivity contribution in [2.75, 3.05) is 31.6 Å². The number of ether oxygens (including phenoxy) is 1. The summed E-state index contributed by atoms with van der Waals surface area (Å²) < 4.78 is 5.69. The van der Waals surface area contributed by atoms with E-state index in [1.165, 1.54) is 12.8 Å². The van der Waals surface area contributed by atoms with Crippen molar-refractivity contribution in [2.45, 2.75) is 45.8 Å². The summed E-state index contributed by atoms with van der Waals surface area (Å²) in [6, 6.07) is 0. The summed E-state index contributed by atoms with van der Waals surface area (Å²) in [7, 11) is 0. The van der Waals surface area contributed by atoms with E-state index in [0.29, 0.717) is 6.10 Å². The van der Waals surface area contributed by atoms with Gasteiger partial charge in [-0.25, -0.2) is 0 Å². The smallest absolute Gasteiger partial charge is 0.205 e. The minimum absolute atomic E-state index is 0.408. The number of likely N-dealkylation sites (N-methyl/N-ethyl adjacent to an activating group) is 1. The van der Waals surface area contributed by atoms with Gasteiger partial charge < -0.3 is 10.1 Å². The number of nitrogens with one attached hydrogen (secondary N) is 1. The van der Waals surface area contributed by atoms with Crippen LogP contribution in [0.2, 0.25) is 0 Å². The van der Waals surface area contributed by atoms with Gasteiger partial charge in [0.05, 0.1) is 12.6 Å². The molecule has 1 aliphatic heterocycles. The van der Waals surface area contributed by atoms with Crippen molar-refractivity contribution in [3.63, 3.8) is 0 Å². The van der Waals surface area contributed by atoms with E-state index in [9.17, 15) is 0 Å². The summed E-state index contributed by atoms with van der Waals surface area (Å²) in [6.45, 7) is 9.13. The lowest BCUT2D eigenvalue weighted by Crippen LogP contribution is -2.31. The van der Waals surface area contributed by atoms with Crippen LogP contribution in [0.25, 0.3) is 0 Å². The Morgan fingerprint density at radius 2 is 2.32 bits per heavy atom. The van der Waals surface area contributed by atoms with Crippen molar-refractivity contribution in [1.29, 1.82) is 0 Å². The van der Waals surface area contributed by atoms with Crippen LogP contribution in [-0.4, -0.2) is 47.4 Å². The summed E-state index contributed by atoms with van der Waals surface area (Å²) in [5.41, 5.74) is 0. The molecule has 2 rings (SSSR count). The van der Waals surface area contributed by atoms with E-state index < -0.39 is 0 Å². The molecule has 0 spiro atoms. The second-order valence-corrected chi connectivity index (χ2v) is 5.95. The van der Waals surface area contributed by atoms with Gasteiger partial charge in [-0.15, -0.1) is 10.2 Å². The number of rotatable bonds is 8. The molecule has 0 radical (unpaired) electrons. The molecule has 1 aromatic rings. The zero-order chi connectivity index (χ0) is 13.5. The van der Waals surface area contributed by atoms with Crippen LogP contribution in [0.3, 0.4) is 0 Å². The fraction of sp³-hybridized carbons (Fsp3) is 0.846. The average molecular weight is 284 g/mol. The molecule has 1 saturated heterocycles. The first kappa shape index (κ1) is 14.7. The summed E-state index contributed by atoms with van der Waals surface area (Å²) in [5.74, 6) is 0. The van der Waals surface area contributed by atoms with Gasteiger partial charge in [-0.05, 0) is 25.8 Å². The lowest BCUT2D eigenvalue weighted by atomic mass is 10.2. The number of hydrogen-bond donors (Lipinski definition) is 1. The fourth-order valence-electron chi connectivity index (χ4n) is 2.19. The van der Waals surface area contributed by atoms with E-state index in [1.54, 1.807) is 11.3 Å². The second-order valence-electron chi connectivity index (χ2n) is 4.89. The third kappa shape index (κ3) is 4.71. The molecule has 108 valence electrons. The van der Waals surface area contributed by atoms with Crippen LogP contribution in [0, 0.1) is 0 Å². The molecule has 0 aromatic carbocycles. The number of anilines is 1. The highest BCUT2D eigenvalue weighted by Crippen LogP contribution is 2.19. The summed E-state index contributed by atoms with van der Waals surface area (Å²) in [6.07, 6.45) is 3.91. The molecule has 1 unspecified atom stereocenters. The molecule has 2 heterocycles. The fourth-order valence-corrected chi connectivity index (χ4v) is 3.00. The largest absolute Gasteiger partial charge is 0.377 e. The number of hydrogen-bond acceptors (Lipinski definition) is 6. The molecular formula is C13H24N4OS. The third-order valence-corrected chi connectivity index (χ3v) is 4.15. The van der Waals surface area contributed by atoms with Crippen LogP contribution in [0.1, 0.15) is 38.1 Å². The van der Waals surface area contributed by atoms with Crippen LogP contribution < -0.4 is 5.32 Å². The van der Waals surface area contributed by atoms with Crippen LogP contribution in [0.4, 0.5) is 5.13 Å². The number of aromatic nitrogens is 2. The van der Waals surface area contributed by atoms with Gasteiger partial charge in [-0.3, -0.25) is 4.90 Å². The number of nitrogens with zero attached hydrogens (tertiary/aromatic N) is 3. The van der Waals surface area contributed by atoms with Gasteiger partial charge in [0.25, 0.3) is 0 Å².